The standard InChI is InChI=1S/C36H32Cl2N4O6S2/c1-3-48-36(47)32-25-15-16-42(21(2)43)19-30(25)50-35(32)41-31(44)20-49-24-12-7-11-23(17-24)39-34(46)29(18-26-27(37)13-8-14-28(26)38)40-33(45)22-9-5-4-6-10-22/h4-14,17-18H,3,15-16,19-20H2,1-2H3,(H,39,46)(H,40,45)(H,41,44)/b29-18+. The van der Waals surface area contributed by atoms with Gasteiger partial charge in [0.15, 0.2) is 0 Å². The highest BCUT2D eigenvalue weighted by Crippen LogP contribution is 2.38. The average molecular weight is 752 g/mol. The SMILES string of the molecule is CCOC(=O)c1c(NC(=O)CSc2cccc(NC(=O)/C(=C\c3c(Cl)cccc3Cl)NC(=O)c3ccccc3)c2)sc2c1CCN(C(C)=O)C2. The van der Waals surface area contributed by atoms with E-state index in [4.69, 9.17) is 27.9 Å². The summed E-state index contributed by atoms with van der Waals surface area (Å²) in [6.07, 6.45) is 1.90. The number of thioether (sulfide) groups is 1. The number of amides is 4. The molecule has 0 spiro atoms. The van der Waals surface area contributed by atoms with Gasteiger partial charge < -0.3 is 25.6 Å². The Morgan fingerprint density at radius 2 is 1.68 bits per heavy atom. The van der Waals surface area contributed by atoms with Crippen LogP contribution < -0.4 is 16.0 Å². The van der Waals surface area contributed by atoms with Gasteiger partial charge in [-0.25, -0.2) is 4.79 Å². The number of nitrogens with zero attached hydrogens (tertiary/aromatic N) is 1. The highest BCUT2D eigenvalue weighted by Gasteiger charge is 2.30. The van der Waals surface area contributed by atoms with Crippen LogP contribution in [0.3, 0.4) is 0 Å². The van der Waals surface area contributed by atoms with Crippen molar-refractivity contribution in [3.63, 3.8) is 0 Å². The number of fused-ring (bicyclic) bond motifs is 1. The molecule has 258 valence electrons. The molecule has 0 saturated carbocycles. The number of ether oxygens (including phenoxy) is 1. The molecule has 50 heavy (non-hydrogen) atoms. The Hall–Kier alpha value is -4.62. The van der Waals surface area contributed by atoms with E-state index in [0.29, 0.717) is 61.8 Å². The van der Waals surface area contributed by atoms with E-state index >= 15 is 0 Å². The third-order valence-corrected chi connectivity index (χ3v) is 10.3. The van der Waals surface area contributed by atoms with Gasteiger partial charge in [-0.2, -0.15) is 0 Å². The van der Waals surface area contributed by atoms with Gasteiger partial charge in [0.25, 0.3) is 11.8 Å². The summed E-state index contributed by atoms with van der Waals surface area (Å²) in [5.41, 5.74) is 2.16. The molecular formula is C36H32Cl2N4O6S2. The second-order valence-electron chi connectivity index (χ2n) is 11.0. The van der Waals surface area contributed by atoms with Crippen LogP contribution in [0.1, 0.15) is 50.6 Å². The lowest BCUT2D eigenvalue weighted by Gasteiger charge is -2.25. The molecule has 5 rings (SSSR count). The lowest BCUT2D eigenvalue weighted by Crippen LogP contribution is -2.34. The van der Waals surface area contributed by atoms with Crippen molar-refractivity contribution in [2.75, 3.05) is 29.5 Å². The van der Waals surface area contributed by atoms with E-state index in [0.717, 1.165) is 10.4 Å². The quantitative estimate of drug-likeness (QED) is 0.0834. The van der Waals surface area contributed by atoms with Crippen LogP contribution in [0.4, 0.5) is 10.7 Å². The molecule has 14 heteroatoms. The zero-order valence-corrected chi connectivity index (χ0v) is 30.2. The first-order valence-corrected chi connectivity index (χ1v) is 18.0. The first kappa shape index (κ1) is 36.7. The van der Waals surface area contributed by atoms with Crippen molar-refractivity contribution in [3.8, 4) is 0 Å². The third kappa shape index (κ3) is 9.13. The Kier molecular flexibility index (Phi) is 12.4. The monoisotopic (exact) mass is 750 g/mol. The zero-order chi connectivity index (χ0) is 35.8. The number of hydrogen-bond acceptors (Lipinski definition) is 8. The maximum Gasteiger partial charge on any atom is 0.341 e. The summed E-state index contributed by atoms with van der Waals surface area (Å²) >= 11 is 15.2. The number of halogens is 2. The van der Waals surface area contributed by atoms with E-state index < -0.39 is 17.8 Å². The van der Waals surface area contributed by atoms with E-state index in [1.807, 2.05) is 0 Å². The van der Waals surface area contributed by atoms with Crippen LogP contribution in [-0.4, -0.2) is 53.4 Å². The van der Waals surface area contributed by atoms with Crippen LogP contribution in [-0.2, 0) is 32.1 Å². The molecule has 4 aromatic rings. The number of carbonyl (C=O) groups is 5. The van der Waals surface area contributed by atoms with Crippen LogP contribution >= 0.6 is 46.3 Å². The summed E-state index contributed by atoms with van der Waals surface area (Å²) in [7, 11) is 0. The minimum atomic E-state index is -0.623. The molecule has 3 aromatic carbocycles. The molecule has 0 saturated heterocycles. The largest absolute Gasteiger partial charge is 0.462 e. The Morgan fingerprint density at radius 1 is 0.960 bits per heavy atom. The fraction of sp³-hybridized carbons (Fsp3) is 0.194. The van der Waals surface area contributed by atoms with Gasteiger partial charge in [-0.3, -0.25) is 19.2 Å². The molecule has 0 aliphatic carbocycles. The van der Waals surface area contributed by atoms with Crippen LogP contribution in [0.2, 0.25) is 10.0 Å². The summed E-state index contributed by atoms with van der Waals surface area (Å²) in [6.45, 7) is 4.24. The Bertz CT molecular complexity index is 1960. The molecule has 4 amide bonds. The molecule has 2 heterocycles. The fourth-order valence-corrected chi connectivity index (χ4v) is 7.62. The Labute approximate surface area is 307 Å². The molecule has 0 radical (unpaired) electrons. The molecule has 10 nitrogen and oxygen atoms in total. The number of thiophene rings is 1. The van der Waals surface area contributed by atoms with Crippen molar-refractivity contribution in [1.29, 1.82) is 0 Å². The number of anilines is 2. The molecule has 1 aliphatic rings. The second-order valence-corrected chi connectivity index (χ2v) is 13.9. The van der Waals surface area contributed by atoms with Crippen molar-refractivity contribution in [1.82, 2.24) is 10.2 Å². The van der Waals surface area contributed by atoms with E-state index in [2.05, 4.69) is 16.0 Å². The van der Waals surface area contributed by atoms with Gasteiger partial charge in [-0.15, -0.1) is 23.1 Å². The molecule has 0 fully saturated rings. The van der Waals surface area contributed by atoms with Crippen LogP contribution in [0.15, 0.2) is 83.4 Å². The molecule has 1 aliphatic heterocycles. The van der Waals surface area contributed by atoms with Gasteiger partial charge in [0.1, 0.15) is 10.7 Å². The maximum absolute atomic E-state index is 13.6. The van der Waals surface area contributed by atoms with Gasteiger partial charge in [-0.1, -0.05) is 53.5 Å². The van der Waals surface area contributed by atoms with Gasteiger partial charge in [0, 0.05) is 50.1 Å². The normalized spacial score (nSPS) is 12.5. The average Bonchev–Trinajstić information content (AvgIpc) is 3.46. The topological polar surface area (TPSA) is 134 Å². The predicted molar refractivity (Wildman–Crippen MR) is 198 cm³/mol. The number of rotatable bonds is 11. The first-order chi connectivity index (χ1) is 24.0. The summed E-state index contributed by atoms with van der Waals surface area (Å²) in [5.74, 6) is -2.04. The first-order valence-electron chi connectivity index (χ1n) is 15.5. The molecule has 0 bridgehead atoms. The van der Waals surface area contributed by atoms with Crippen molar-refractivity contribution >= 4 is 92.7 Å². The molecule has 0 atom stereocenters. The zero-order valence-electron chi connectivity index (χ0n) is 27.0. The van der Waals surface area contributed by atoms with Gasteiger partial charge in [0.2, 0.25) is 11.8 Å². The van der Waals surface area contributed by atoms with E-state index in [1.165, 1.54) is 36.1 Å². The molecule has 3 N–H and O–H groups in total. The van der Waals surface area contributed by atoms with E-state index in [9.17, 15) is 24.0 Å². The van der Waals surface area contributed by atoms with Crippen LogP contribution in [0.5, 0.6) is 0 Å². The third-order valence-electron chi connectivity index (χ3n) is 7.51. The number of esters is 1. The minimum absolute atomic E-state index is 0.00505. The lowest BCUT2D eigenvalue weighted by atomic mass is 10.0. The van der Waals surface area contributed by atoms with E-state index in [1.54, 1.807) is 84.6 Å². The Morgan fingerprint density at radius 3 is 2.38 bits per heavy atom. The smallest absolute Gasteiger partial charge is 0.341 e. The maximum atomic E-state index is 13.6. The van der Waals surface area contributed by atoms with Gasteiger partial charge >= 0.3 is 5.97 Å². The lowest BCUT2D eigenvalue weighted by molar-refractivity contribution is -0.129. The summed E-state index contributed by atoms with van der Waals surface area (Å²) in [5, 5.41) is 9.30. The minimum Gasteiger partial charge on any atom is -0.462 e. The van der Waals surface area contributed by atoms with Crippen LogP contribution in [0.25, 0.3) is 6.08 Å². The number of hydrogen-bond donors (Lipinski definition) is 3. The van der Waals surface area contributed by atoms with E-state index in [-0.39, 0.29) is 29.9 Å². The highest BCUT2D eigenvalue weighted by molar-refractivity contribution is 8.00. The molecule has 1 aromatic heterocycles. The fourth-order valence-electron chi connectivity index (χ4n) is 5.09. The van der Waals surface area contributed by atoms with Crippen molar-refractivity contribution in [2.45, 2.75) is 31.7 Å². The molecular weight excluding hydrogens is 719 g/mol. The summed E-state index contributed by atoms with van der Waals surface area (Å²) in [4.78, 5) is 67.8. The highest BCUT2D eigenvalue weighted by atomic mass is 35.5. The van der Waals surface area contributed by atoms with Crippen molar-refractivity contribution < 1.29 is 28.7 Å². The van der Waals surface area contributed by atoms with Crippen molar-refractivity contribution in [2.24, 2.45) is 0 Å². The van der Waals surface area contributed by atoms with Crippen LogP contribution in [0, 0.1) is 0 Å². The number of nitrogens with one attached hydrogen (secondary N) is 3. The van der Waals surface area contributed by atoms with Gasteiger partial charge in [-0.05, 0) is 67.4 Å². The summed E-state index contributed by atoms with van der Waals surface area (Å²) in [6, 6.07) is 20.2. The predicted octanol–water partition coefficient (Wildman–Crippen LogP) is 7.28. The summed E-state index contributed by atoms with van der Waals surface area (Å²) < 4.78 is 5.28. The number of benzene rings is 3. The number of carbonyl (C=O) groups excluding carboxylic acids is 5. The Balaban J connectivity index is 1.29. The van der Waals surface area contributed by atoms with Crippen molar-refractivity contribution in [3.05, 3.63) is 116 Å². The molecule has 0 unspecified atom stereocenters. The second kappa shape index (κ2) is 16.9. The van der Waals surface area contributed by atoms with Gasteiger partial charge in [0.05, 0.1) is 24.5 Å².